The maximum atomic E-state index is 4.31. The highest BCUT2D eigenvalue weighted by Crippen LogP contribution is 2.32. The molecule has 1 heteroatoms. The van der Waals surface area contributed by atoms with Crippen molar-refractivity contribution in [3.05, 3.63) is 114 Å². The van der Waals surface area contributed by atoms with Gasteiger partial charge in [0.2, 0.25) is 0 Å². The summed E-state index contributed by atoms with van der Waals surface area (Å²) < 4.78 is 2.37. The molecule has 0 saturated carbocycles. The molecule has 29 heavy (non-hydrogen) atoms. The van der Waals surface area contributed by atoms with Crippen molar-refractivity contribution >= 4 is 27.5 Å². The first-order valence-corrected chi connectivity index (χ1v) is 10.2. The van der Waals surface area contributed by atoms with E-state index in [0.717, 1.165) is 5.57 Å². The van der Waals surface area contributed by atoms with Crippen molar-refractivity contribution in [1.29, 1.82) is 0 Å². The molecule has 1 nitrogen and oxygen atoms in total. The van der Waals surface area contributed by atoms with Gasteiger partial charge in [-0.1, -0.05) is 92.4 Å². The molecule has 0 amide bonds. The number of benzene rings is 3. The lowest BCUT2D eigenvalue weighted by Crippen LogP contribution is -1.97. The zero-order valence-corrected chi connectivity index (χ0v) is 17.4. The number of nitrogens with zero attached hydrogens (tertiary/aromatic N) is 1. The molecule has 4 aromatic rings. The maximum absolute atomic E-state index is 4.31. The van der Waals surface area contributed by atoms with Crippen molar-refractivity contribution in [3.8, 4) is 0 Å². The Bertz CT molecular complexity index is 1180. The van der Waals surface area contributed by atoms with E-state index in [2.05, 4.69) is 123 Å². The smallest absolute Gasteiger partial charge is 0.0537 e. The number of fused-ring (bicyclic) bond motifs is 3. The summed E-state index contributed by atoms with van der Waals surface area (Å²) in [7, 11) is 0. The Morgan fingerprint density at radius 1 is 0.759 bits per heavy atom. The van der Waals surface area contributed by atoms with Gasteiger partial charge < -0.3 is 4.57 Å². The van der Waals surface area contributed by atoms with E-state index in [1.165, 1.54) is 38.6 Å². The molecule has 4 rings (SSSR count). The molecule has 0 radical (unpaired) electrons. The molecule has 0 aliphatic rings. The van der Waals surface area contributed by atoms with E-state index in [0.29, 0.717) is 5.92 Å². The first-order chi connectivity index (χ1) is 14.1. The fourth-order valence-corrected chi connectivity index (χ4v) is 3.91. The molecule has 0 fully saturated rings. The Morgan fingerprint density at radius 2 is 1.28 bits per heavy atom. The van der Waals surface area contributed by atoms with Crippen LogP contribution < -0.4 is 0 Å². The summed E-state index contributed by atoms with van der Waals surface area (Å²) in [4.78, 5) is 0. The van der Waals surface area contributed by atoms with Crippen LogP contribution in [0.25, 0.3) is 27.5 Å². The minimum absolute atomic E-state index is 0.300. The van der Waals surface area contributed by atoms with E-state index in [9.17, 15) is 0 Å². The zero-order chi connectivity index (χ0) is 20.4. The minimum atomic E-state index is 0.300. The molecule has 1 atom stereocenters. The van der Waals surface area contributed by atoms with E-state index in [-0.39, 0.29) is 0 Å². The van der Waals surface area contributed by atoms with Crippen molar-refractivity contribution in [2.75, 3.05) is 0 Å². The predicted molar refractivity (Wildman–Crippen MR) is 127 cm³/mol. The fraction of sp³-hybridized carbons (Fsp3) is 0.143. The van der Waals surface area contributed by atoms with Gasteiger partial charge in [0.05, 0.1) is 11.0 Å². The van der Waals surface area contributed by atoms with Crippen molar-refractivity contribution in [2.45, 2.75) is 26.7 Å². The molecule has 1 unspecified atom stereocenters. The highest BCUT2D eigenvalue weighted by molar-refractivity contribution is 6.10. The Kier molecular flexibility index (Phi) is 5.22. The normalized spacial score (nSPS) is 13.8. The highest BCUT2D eigenvalue weighted by atomic mass is 15.0. The zero-order valence-electron chi connectivity index (χ0n) is 17.4. The molecular weight excluding hydrogens is 350 g/mol. The van der Waals surface area contributed by atoms with Crippen LogP contribution in [0.3, 0.4) is 0 Å². The predicted octanol–water partition coefficient (Wildman–Crippen LogP) is 7.96. The molecule has 1 heterocycles. The minimum Gasteiger partial charge on any atom is -0.313 e. The quantitative estimate of drug-likeness (QED) is 0.311. The maximum Gasteiger partial charge on any atom is 0.0537 e. The van der Waals surface area contributed by atoms with Crippen LogP contribution in [0.4, 0.5) is 0 Å². The summed E-state index contributed by atoms with van der Waals surface area (Å²) in [6.07, 6.45) is 4.35. The molecule has 0 aliphatic carbocycles. The fourth-order valence-electron chi connectivity index (χ4n) is 3.91. The standard InChI is InChI=1S/C28H27N/c1-20(22(3)24-12-6-5-7-13-24)18-19-21(2)23(4)29-27-16-10-8-14-25(27)26-15-9-11-17-28(26)29/h5-19,22H,1H2,2-4H3/b19-18-,23-21-. The topological polar surface area (TPSA) is 4.93 Å². The lowest BCUT2D eigenvalue weighted by molar-refractivity contribution is 0.926. The number of hydrogen-bond donors (Lipinski definition) is 0. The highest BCUT2D eigenvalue weighted by Gasteiger charge is 2.12. The van der Waals surface area contributed by atoms with Gasteiger partial charge in [-0.05, 0) is 42.7 Å². The van der Waals surface area contributed by atoms with Crippen molar-refractivity contribution in [3.63, 3.8) is 0 Å². The van der Waals surface area contributed by atoms with Gasteiger partial charge in [-0.15, -0.1) is 0 Å². The van der Waals surface area contributed by atoms with Crippen LogP contribution in [0.5, 0.6) is 0 Å². The molecule has 0 aliphatic heterocycles. The van der Waals surface area contributed by atoms with Crippen molar-refractivity contribution < 1.29 is 0 Å². The number of aromatic nitrogens is 1. The van der Waals surface area contributed by atoms with Crippen LogP contribution >= 0.6 is 0 Å². The average Bonchev–Trinajstić information content (AvgIpc) is 3.11. The third-order valence-corrected chi connectivity index (χ3v) is 5.89. The van der Waals surface area contributed by atoms with Crippen molar-refractivity contribution in [1.82, 2.24) is 4.57 Å². The Balaban J connectivity index is 1.72. The van der Waals surface area contributed by atoms with Gasteiger partial charge in [-0.3, -0.25) is 0 Å². The number of para-hydroxylation sites is 2. The van der Waals surface area contributed by atoms with Crippen LogP contribution in [-0.2, 0) is 0 Å². The summed E-state index contributed by atoms with van der Waals surface area (Å²) in [5, 5.41) is 2.59. The van der Waals surface area contributed by atoms with Gasteiger partial charge >= 0.3 is 0 Å². The van der Waals surface area contributed by atoms with Crippen LogP contribution in [0.2, 0.25) is 0 Å². The molecule has 0 N–H and O–H groups in total. The van der Waals surface area contributed by atoms with Gasteiger partial charge in [0, 0.05) is 22.4 Å². The monoisotopic (exact) mass is 377 g/mol. The second kappa shape index (κ2) is 7.97. The van der Waals surface area contributed by atoms with E-state index in [1.54, 1.807) is 0 Å². The molecule has 0 spiro atoms. The van der Waals surface area contributed by atoms with E-state index < -0.39 is 0 Å². The van der Waals surface area contributed by atoms with Crippen LogP contribution in [0.1, 0.15) is 32.3 Å². The largest absolute Gasteiger partial charge is 0.313 e. The molecule has 144 valence electrons. The number of hydrogen-bond acceptors (Lipinski definition) is 0. The van der Waals surface area contributed by atoms with Gasteiger partial charge in [0.15, 0.2) is 0 Å². The SMILES string of the molecule is C=C(/C=C\C(C)=C(\C)n1c2ccccc2c2ccccc21)C(C)c1ccccc1. The first-order valence-electron chi connectivity index (χ1n) is 10.2. The first kappa shape index (κ1) is 19.0. The van der Waals surface area contributed by atoms with Gasteiger partial charge in [-0.2, -0.15) is 0 Å². The van der Waals surface area contributed by atoms with Crippen molar-refractivity contribution in [2.24, 2.45) is 0 Å². The molecule has 0 saturated heterocycles. The Morgan fingerprint density at radius 3 is 1.86 bits per heavy atom. The molecular formula is C28H27N. The van der Waals surface area contributed by atoms with Gasteiger partial charge in [0.1, 0.15) is 0 Å². The summed E-state index contributed by atoms with van der Waals surface area (Å²) >= 11 is 0. The summed E-state index contributed by atoms with van der Waals surface area (Å²) in [6, 6.07) is 27.8. The molecule has 3 aromatic carbocycles. The second-order valence-corrected chi connectivity index (χ2v) is 7.68. The summed E-state index contributed by atoms with van der Waals surface area (Å²) in [5.74, 6) is 0.300. The van der Waals surface area contributed by atoms with E-state index in [1.807, 2.05) is 0 Å². The molecule has 0 bridgehead atoms. The van der Waals surface area contributed by atoms with Crippen LogP contribution in [0, 0.1) is 0 Å². The molecule has 1 aromatic heterocycles. The van der Waals surface area contributed by atoms with E-state index in [4.69, 9.17) is 0 Å². The van der Waals surface area contributed by atoms with Crippen LogP contribution in [0.15, 0.2) is 109 Å². The van der Waals surface area contributed by atoms with Gasteiger partial charge in [0.25, 0.3) is 0 Å². The number of rotatable bonds is 5. The van der Waals surface area contributed by atoms with Crippen LogP contribution in [-0.4, -0.2) is 4.57 Å². The average molecular weight is 378 g/mol. The lowest BCUT2D eigenvalue weighted by atomic mass is 9.93. The van der Waals surface area contributed by atoms with E-state index >= 15 is 0 Å². The Labute approximate surface area is 173 Å². The lowest BCUT2D eigenvalue weighted by Gasteiger charge is -2.13. The number of allylic oxidation sites excluding steroid dienone is 5. The summed E-state index contributed by atoms with van der Waals surface area (Å²) in [6.45, 7) is 10.9. The van der Waals surface area contributed by atoms with Gasteiger partial charge in [-0.25, -0.2) is 0 Å². The second-order valence-electron chi connectivity index (χ2n) is 7.68. The summed E-state index contributed by atoms with van der Waals surface area (Å²) in [5.41, 5.74) is 7.37. The third kappa shape index (κ3) is 3.56. The Hall–Kier alpha value is -3.32. The third-order valence-electron chi connectivity index (χ3n) is 5.89.